The molecule has 4 rings (SSSR count). The standard InChI is InChI=1S/C22H26N2.HI/c1-16-15-17-9-5-7-11-19(17)24(16)14-13-21-22(2,3)18-10-6-8-12-20(18)23(21)4;/h5-14,16,21H,15H2,1-4H3;1H/b14-13+;. The molecule has 0 saturated heterocycles. The lowest BCUT2D eigenvalue weighted by Gasteiger charge is -2.31. The van der Waals surface area contributed by atoms with Crippen LogP contribution in [0.1, 0.15) is 31.9 Å². The molecule has 2 nitrogen and oxygen atoms in total. The van der Waals surface area contributed by atoms with Crippen LogP contribution in [-0.2, 0) is 11.8 Å². The van der Waals surface area contributed by atoms with E-state index in [0.29, 0.717) is 12.1 Å². The predicted octanol–water partition coefficient (Wildman–Crippen LogP) is 5.37. The van der Waals surface area contributed by atoms with Gasteiger partial charge in [0.1, 0.15) is 0 Å². The number of fused-ring (bicyclic) bond motifs is 2. The first-order chi connectivity index (χ1) is 11.5. The van der Waals surface area contributed by atoms with Crippen molar-refractivity contribution in [2.24, 2.45) is 0 Å². The first kappa shape index (κ1) is 18.3. The molecule has 2 aromatic carbocycles. The summed E-state index contributed by atoms with van der Waals surface area (Å²) in [7, 11) is 2.21. The Morgan fingerprint density at radius 3 is 2.36 bits per heavy atom. The molecule has 3 heteroatoms. The van der Waals surface area contributed by atoms with Crippen LogP contribution < -0.4 is 9.80 Å². The van der Waals surface area contributed by atoms with Crippen LogP contribution >= 0.6 is 24.0 Å². The monoisotopic (exact) mass is 446 g/mol. The zero-order valence-corrected chi connectivity index (χ0v) is 17.8. The number of hydrogen-bond acceptors (Lipinski definition) is 2. The SMILES string of the molecule is CC1Cc2ccccc2N1/C=C/C1N(C)c2ccccc2C1(C)C.I. The lowest BCUT2D eigenvalue weighted by atomic mass is 9.80. The third kappa shape index (κ3) is 2.86. The van der Waals surface area contributed by atoms with E-state index in [2.05, 4.69) is 98.4 Å². The average molecular weight is 446 g/mol. The molecule has 0 saturated carbocycles. The van der Waals surface area contributed by atoms with Gasteiger partial charge in [-0.2, -0.15) is 0 Å². The van der Waals surface area contributed by atoms with E-state index in [1.165, 1.54) is 22.5 Å². The molecule has 2 unspecified atom stereocenters. The highest BCUT2D eigenvalue weighted by Gasteiger charge is 2.41. The Morgan fingerprint density at radius 2 is 1.64 bits per heavy atom. The summed E-state index contributed by atoms with van der Waals surface area (Å²) in [5.74, 6) is 0. The number of benzene rings is 2. The van der Waals surface area contributed by atoms with Crippen LogP contribution in [0, 0.1) is 0 Å². The van der Waals surface area contributed by atoms with Gasteiger partial charge in [-0.05, 0) is 42.7 Å². The van der Waals surface area contributed by atoms with Gasteiger partial charge in [0.05, 0.1) is 6.04 Å². The van der Waals surface area contributed by atoms with E-state index in [1.54, 1.807) is 0 Å². The Bertz CT molecular complexity index is 796. The van der Waals surface area contributed by atoms with Gasteiger partial charge in [-0.25, -0.2) is 0 Å². The van der Waals surface area contributed by atoms with Gasteiger partial charge >= 0.3 is 0 Å². The van der Waals surface area contributed by atoms with Crippen LogP contribution in [0.4, 0.5) is 11.4 Å². The smallest absolute Gasteiger partial charge is 0.0579 e. The summed E-state index contributed by atoms with van der Waals surface area (Å²) in [4.78, 5) is 4.85. The molecular weight excluding hydrogens is 419 g/mol. The van der Waals surface area contributed by atoms with Crippen LogP contribution in [0.3, 0.4) is 0 Å². The average Bonchev–Trinajstić information content (AvgIpc) is 2.99. The molecule has 0 spiro atoms. The Balaban J connectivity index is 0.00000182. The highest BCUT2D eigenvalue weighted by molar-refractivity contribution is 14.0. The van der Waals surface area contributed by atoms with Gasteiger partial charge in [-0.1, -0.05) is 50.2 Å². The molecule has 2 aliphatic rings. The van der Waals surface area contributed by atoms with Crippen LogP contribution in [0.25, 0.3) is 0 Å². The van der Waals surface area contributed by atoms with Gasteiger partial charge in [0.15, 0.2) is 0 Å². The summed E-state index contributed by atoms with van der Waals surface area (Å²) in [6.07, 6.45) is 5.83. The fourth-order valence-electron chi connectivity index (χ4n) is 4.48. The highest BCUT2D eigenvalue weighted by Crippen LogP contribution is 2.44. The second-order valence-corrected chi connectivity index (χ2v) is 7.73. The second-order valence-electron chi connectivity index (χ2n) is 7.73. The summed E-state index contributed by atoms with van der Waals surface area (Å²) in [5.41, 5.74) is 5.72. The normalized spacial score (nSPS) is 23.5. The first-order valence-electron chi connectivity index (χ1n) is 8.87. The van der Waals surface area contributed by atoms with Gasteiger partial charge in [0.2, 0.25) is 0 Å². The van der Waals surface area contributed by atoms with Crippen molar-refractivity contribution in [3.8, 4) is 0 Å². The van der Waals surface area contributed by atoms with Crippen molar-refractivity contribution in [3.63, 3.8) is 0 Å². The molecule has 0 radical (unpaired) electrons. The Hall–Kier alpha value is -1.49. The molecule has 0 bridgehead atoms. The maximum absolute atomic E-state index is 2.43. The molecule has 0 fully saturated rings. The van der Waals surface area contributed by atoms with Crippen molar-refractivity contribution in [2.45, 2.75) is 44.7 Å². The van der Waals surface area contributed by atoms with E-state index < -0.39 is 0 Å². The number of rotatable bonds is 2. The van der Waals surface area contributed by atoms with Crippen LogP contribution in [0.5, 0.6) is 0 Å². The van der Waals surface area contributed by atoms with Crippen molar-refractivity contribution < 1.29 is 0 Å². The lowest BCUT2D eigenvalue weighted by molar-refractivity contribution is 0.487. The summed E-state index contributed by atoms with van der Waals surface area (Å²) in [6.45, 7) is 7.01. The van der Waals surface area contributed by atoms with E-state index in [-0.39, 0.29) is 29.4 Å². The molecule has 25 heavy (non-hydrogen) atoms. The van der Waals surface area contributed by atoms with E-state index in [9.17, 15) is 0 Å². The highest BCUT2D eigenvalue weighted by atomic mass is 127. The van der Waals surface area contributed by atoms with Crippen molar-refractivity contribution >= 4 is 35.4 Å². The summed E-state index contributed by atoms with van der Waals surface area (Å²) in [5, 5.41) is 0. The first-order valence-corrected chi connectivity index (χ1v) is 8.87. The minimum Gasteiger partial charge on any atom is -0.367 e. The molecule has 0 amide bonds. The molecule has 2 aliphatic heterocycles. The van der Waals surface area contributed by atoms with Crippen molar-refractivity contribution in [2.75, 3.05) is 16.8 Å². The second kappa shape index (κ2) is 6.67. The zero-order chi connectivity index (χ0) is 16.9. The quantitative estimate of drug-likeness (QED) is 0.573. The fraction of sp³-hybridized carbons (Fsp3) is 0.364. The van der Waals surface area contributed by atoms with E-state index in [0.717, 1.165) is 6.42 Å². The third-order valence-corrected chi connectivity index (χ3v) is 5.82. The van der Waals surface area contributed by atoms with Gasteiger partial charge in [-0.15, -0.1) is 24.0 Å². The number of anilines is 2. The van der Waals surface area contributed by atoms with Gasteiger partial charge < -0.3 is 9.80 Å². The molecule has 2 heterocycles. The van der Waals surface area contributed by atoms with Crippen LogP contribution in [0.2, 0.25) is 0 Å². The van der Waals surface area contributed by atoms with Gasteiger partial charge in [0, 0.05) is 36.1 Å². The van der Waals surface area contributed by atoms with Crippen molar-refractivity contribution in [1.29, 1.82) is 0 Å². The van der Waals surface area contributed by atoms with Gasteiger partial charge in [0.25, 0.3) is 0 Å². The minimum absolute atomic E-state index is 0. The summed E-state index contributed by atoms with van der Waals surface area (Å²) >= 11 is 0. The van der Waals surface area contributed by atoms with Crippen molar-refractivity contribution in [1.82, 2.24) is 0 Å². The summed E-state index contributed by atoms with van der Waals surface area (Å²) in [6, 6.07) is 18.5. The zero-order valence-electron chi connectivity index (χ0n) is 15.4. The molecule has 132 valence electrons. The number of nitrogens with zero attached hydrogens (tertiary/aromatic N) is 2. The van der Waals surface area contributed by atoms with Crippen LogP contribution in [0.15, 0.2) is 60.8 Å². The Labute approximate surface area is 168 Å². The molecule has 2 atom stereocenters. The van der Waals surface area contributed by atoms with Crippen molar-refractivity contribution in [3.05, 3.63) is 71.9 Å². The Kier molecular flexibility index (Phi) is 4.89. The molecule has 0 aliphatic carbocycles. The lowest BCUT2D eigenvalue weighted by Crippen LogP contribution is -2.38. The van der Waals surface area contributed by atoms with Gasteiger partial charge in [-0.3, -0.25) is 0 Å². The molecular formula is C22H27IN2. The maximum atomic E-state index is 2.43. The third-order valence-electron chi connectivity index (χ3n) is 5.82. The molecule has 0 aromatic heterocycles. The van der Waals surface area contributed by atoms with E-state index in [4.69, 9.17) is 0 Å². The number of halogens is 1. The fourth-order valence-corrected chi connectivity index (χ4v) is 4.48. The number of likely N-dealkylation sites (N-methyl/N-ethyl adjacent to an activating group) is 1. The Morgan fingerprint density at radius 1 is 1.00 bits per heavy atom. The largest absolute Gasteiger partial charge is 0.367 e. The summed E-state index contributed by atoms with van der Waals surface area (Å²) < 4.78 is 0. The minimum atomic E-state index is 0. The molecule has 0 N–H and O–H groups in total. The number of hydrogen-bond donors (Lipinski definition) is 0. The van der Waals surface area contributed by atoms with E-state index >= 15 is 0 Å². The maximum Gasteiger partial charge on any atom is 0.0579 e. The molecule has 2 aromatic rings. The topological polar surface area (TPSA) is 6.48 Å². The van der Waals surface area contributed by atoms with Crippen LogP contribution in [-0.4, -0.2) is 19.1 Å². The predicted molar refractivity (Wildman–Crippen MR) is 118 cm³/mol. The number of para-hydroxylation sites is 2. The van der Waals surface area contributed by atoms with E-state index in [1.807, 2.05) is 0 Å².